The maximum absolute atomic E-state index is 14.2. The van der Waals surface area contributed by atoms with Crippen LogP contribution in [0.3, 0.4) is 0 Å². The summed E-state index contributed by atoms with van der Waals surface area (Å²) in [5.41, 5.74) is 4.99. The molecule has 4 aromatic rings. The van der Waals surface area contributed by atoms with Gasteiger partial charge in [-0.2, -0.15) is 5.26 Å². The van der Waals surface area contributed by atoms with Gasteiger partial charge in [0.25, 0.3) is 0 Å². The fourth-order valence-electron chi connectivity index (χ4n) is 3.72. The van der Waals surface area contributed by atoms with E-state index in [9.17, 15) is 14.0 Å². The van der Waals surface area contributed by atoms with Crippen LogP contribution in [-0.2, 0) is 18.4 Å². The fraction of sp³-hybridized carbons (Fsp3) is 0.154. The van der Waals surface area contributed by atoms with Crippen molar-refractivity contribution in [3.05, 3.63) is 113 Å². The van der Waals surface area contributed by atoms with Crippen molar-refractivity contribution in [1.29, 1.82) is 5.26 Å². The van der Waals surface area contributed by atoms with Crippen molar-refractivity contribution in [3.8, 4) is 17.2 Å². The van der Waals surface area contributed by atoms with Gasteiger partial charge in [0.1, 0.15) is 17.7 Å². The zero-order valence-electron chi connectivity index (χ0n) is 18.1. The molecular formula is C26H22ClF2N3O. The minimum atomic E-state index is -0.597. The van der Waals surface area contributed by atoms with Crippen LogP contribution < -0.4 is 0 Å². The van der Waals surface area contributed by atoms with Gasteiger partial charge < -0.3 is 9.30 Å². The number of hydrogen-bond acceptors (Lipinski definition) is 3. The Labute approximate surface area is 197 Å². The van der Waals surface area contributed by atoms with Gasteiger partial charge in [-0.25, -0.2) is 13.8 Å². The molecule has 0 aliphatic carbocycles. The van der Waals surface area contributed by atoms with Gasteiger partial charge in [0.2, 0.25) is 0 Å². The summed E-state index contributed by atoms with van der Waals surface area (Å²) in [6.07, 6.45) is 2.74. The first-order valence-corrected chi connectivity index (χ1v) is 10.1. The van der Waals surface area contributed by atoms with Crippen LogP contribution in [-0.4, -0.2) is 9.55 Å². The number of nitriles is 1. The molecule has 7 heteroatoms. The minimum absolute atomic E-state index is 0. The lowest BCUT2D eigenvalue weighted by molar-refractivity contribution is 0.0603. The number of hydrogen-bond donors (Lipinski definition) is 0. The van der Waals surface area contributed by atoms with Crippen molar-refractivity contribution in [2.24, 2.45) is 7.05 Å². The highest BCUT2D eigenvalue weighted by Crippen LogP contribution is 2.33. The molecule has 1 aromatic heterocycles. The first-order valence-electron chi connectivity index (χ1n) is 10.1. The third-order valence-electron chi connectivity index (χ3n) is 5.44. The van der Waals surface area contributed by atoms with E-state index in [2.05, 4.69) is 11.1 Å². The number of benzene rings is 3. The summed E-state index contributed by atoms with van der Waals surface area (Å²) in [4.78, 5) is 4.18. The topological polar surface area (TPSA) is 50.8 Å². The molecule has 0 N–H and O–H groups in total. The number of nitrogens with zero attached hydrogens (tertiary/aromatic N) is 3. The average molecular weight is 466 g/mol. The second kappa shape index (κ2) is 10.4. The lowest BCUT2D eigenvalue weighted by atomic mass is 9.93. The van der Waals surface area contributed by atoms with Crippen LogP contribution in [0.5, 0.6) is 0 Å². The number of aryl methyl sites for hydroxylation is 2. The van der Waals surface area contributed by atoms with Crippen LogP contribution in [0.15, 0.2) is 73.2 Å². The highest BCUT2D eigenvalue weighted by molar-refractivity contribution is 5.85. The van der Waals surface area contributed by atoms with E-state index in [0.29, 0.717) is 5.56 Å². The first kappa shape index (κ1) is 24.1. The minimum Gasteiger partial charge on any atom is -0.362 e. The smallest absolute Gasteiger partial charge is 0.128 e. The molecule has 0 bridgehead atoms. The van der Waals surface area contributed by atoms with Crippen LogP contribution in [0.2, 0.25) is 0 Å². The van der Waals surface area contributed by atoms with Gasteiger partial charge >= 0.3 is 0 Å². The number of aromatic nitrogens is 2. The van der Waals surface area contributed by atoms with Crippen LogP contribution >= 0.6 is 12.4 Å². The van der Waals surface area contributed by atoms with Gasteiger partial charge in [0.15, 0.2) is 0 Å². The van der Waals surface area contributed by atoms with E-state index >= 15 is 0 Å². The van der Waals surface area contributed by atoms with Gasteiger partial charge in [0, 0.05) is 18.2 Å². The van der Waals surface area contributed by atoms with E-state index in [1.54, 1.807) is 18.6 Å². The normalized spacial score (nSPS) is 11.5. The maximum Gasteiger partial charge on any atom is 0.128 e. The van der Waals surface area contributed by atoms with Crippen molar-refractivity contribution < 1.29 is 13.5 Å². The van der Waals surface area contributed by atoms with E-state index in [1.165, 1.54) is 0 Å². The Morgan fingerprint density at radius 3 is 2.55 bits per heavy atom. The van der Waals surface area contributed by atoms with E-state index in [1.807, 2.05) is 54.9 Å². The lowest BCUT2D eigenvalue weighted by Gasteiger charge is -2.21. The van der Waals surface area contributed by atoms with Crippen molar-refractivity contribution >= 4 is 12.4 Å². The van der Waals surface area contributed by atoms with Gasteiger partial charge in [-0.15, -0.1) is 12.4 Å². The molecule has 0 radical (unpaired) electrons. The van der Waals surface area contributed by atoms with Crippen molar-refractivity contribution in [2.45, 2.75) is 19.6 Å². The molecule has 0 saturated carbocycles. The molecule has 4 nitrogen and oxygen atoms in total. The van der Waals surface area contributed by atoms with Gasteiger partial charge in [0.05, 0.1) is 36.5 Å². The summed E-state index contributed by atoms with van der Waals surface area (Å²) in [6.45, 7) is 1.87. The quantitative estimate of drug-likeness (QED) is 0.337. The molecule has 3 aromatic carbocycles. The van der Waals surface area contributed by atoms with Gasteiger partial charge in [-0.3, -0.25) is 0 Å². The molecule has 33 heavy (non-hydrogen) atoms. The SMILES string of the molecule is Cc1ccccc1-c1cc(C(OCc2cc(F)ccc2F)c2cncn2C)ccc1C#N.Cl. The Morgan fingerprint density at radius 2 is 1.85 bits per heavy atom. The third kappa shape index (κ3) is 5.11. The van der Waals surface area contributed by atoms with Gasteiger partial charge in [-0.1, -0.05) is 30.3 Å². The Kier molecular flexibility index (Phi) is 7.59. The zero-order chi connectivity index (χ0) is 22.7. The lowest BCUT2D eigenvalue weighted by Crippen LogP contribution is -2.11. The average Bonchev–Trinajstić information content (AvgIpc) is 3.22. The molecule has 168 valence electrons. The monoisotopic (exact) mass is 465 g/mol. The molecule has 0 saturated heterocycles. The third-order valence-corrected chi connectivity index (χ3v) is 5.44. The van der Waals surface area contributed by atoms with Crippen molar-refractivity contribution in [1.82, 2.24) is 9.55 Å². The molecule has 1 atom stereocenters. The second-order valence-corrected chi connectivity index (χ2v) is 7.59. The number of rotatable bonds is 6. The van der Waals surface area contributed by atoms with E-state index < -0.39 is 17.7 Å². The van der Waals surface area contributed by atoms with E-state index in [-0.39, 0.29) is 24.6 Å². The summed E-state index contributed by atoms with van der Waals surface area (Å²) < 4.78 is 35.7. The molecule has 4 rings (SSSR count). The molecule has 0 spiro atoms. The summed E-state index contributed by atoms with van der Waals surface area (Å²) in [7, 11) is 1.84. The van der Waals surface area contributed by atoms with Crippen LogP contribution in [0.4, 0.5) is 8.78 Å². The molecule has 1 heterocycles. The Hall–Kier alpha value is -3.53. The summed E-state index contributed by atoms with van der Waals surface area (Å²) in [5.74, 6) is -1.06. The molecule has 0 aliphatic rings. The summed E-state index contributed by atoms with van der Waals surface area (Å²) in [5, 5.41) is 9.66. The Balaban J connectivity index is 0.00000306. The maximum atomic E-state index is 14.2. The van der Waals surface area contributed by atoms with Crippen LogP contribution in [0, 0.1) is 29.9 Å². The van der Waals surface area contributed by atoms with Crippen molar-refractivity contribution in [2.75, 3.05) is 0 Å². The summed E-state index contributed by atoms with van der Waals surface area (Å²) in [6, 6.07) is 18.9. The van der Waals surface area contributed by atoms with E-state index in [4.69, 9.17) is 4.74 Å². The van der Waals surface area contributed by atoms with Crippen LogP contribution in [0.1, 0.15) is 34.1 Å². The number of imidazole rings is 1. The van der Waals surface area contributed by atoms with Crippen LogP contribution in [0.25, 0.3) is 11.1 Å². The molecule has 0 aliphatic heterocycles. The molecule has 1 unspecified atom stereocenters. The number of halogens is 3. The van der Waals surface area contributed by atoms with E-state index in [0.717, 1.165) is 46.1 Å². The first-order chi connectivity index (χ1) is 15.5. The zero-order valence-corrected chi connectivity index (χ0v) is 18.9. The molecule has 0 amide bonds. The predicted octanol–water partition coefficient (Wildman–Crippen LogP) is 6.27. The summed E-state index contributed by atoms with van der Waals surface area (Å²) >= 11 is 0. The largest absolute Gasteiger partial charge is 0.362 e. The Bertz CT molecular complexity index is 1310. The second-order valence-electron chi connectivity index (χ2n) is 7.59. The molecular weight excluding hydrogens is 444 g/mol. The standard InChI is InChI=1S/C26H21F2N3O.ClH/c1-17-5-3-4-6-22(17)23-12-18(7-8-19(23)13-29)26(25-14-30-16-31(25)2)32-15-20-11-21(27)9-10-24(20)28;/h3-12,14,16,26H,15H2,1-2H3;1H. The number of ether oxygens (including phenoxy) is 1. The highest BCUT2D eigenvalue weighted by atomic mass is 35.5. The van der Waals surface area contributed by atoms with Gasteiger partial charge in [-0.05, 0) is 53.9 Å². The molecule has 0 fully saturated rings. The fourth-order valence-corrected chi connectivity index (χ4v) is 3.72. The highest BCUT2D eigenvalue weighted by Gasteiger charge is 2.21. The van der Waals surface area contributed by atoms with Crippen molar-refractivity contribution in [3.63, 3.8) is 0 Å². The predicted molar refractivity (Wildman–Crippen MR) is 125 cm³/mol. The Morgan fingerprint density at radius 1 is 1.06 bits per heavy atom.